The average molecular weight is 426 g/mol. The van der Waals surface area contributed by atoms with E-state index in [-0.39, 0.29) is 6.04 Å². The van der Waals surface area contributed by atoms with Gasteiger partial charge in [0.15, 0.2) is 17.5 Å². The van der Waals surface area contributed by atoms with E-state index < -0.39 is 31.1 Å². The summed E-state index contributed by atoms with van der Waals surface area (Å²) in [6, 6.07) is 3.49. The van der Waals surface area contributed by atoms with Crippen LogP contribution in [0.2, 0.25) is 10.0 Å². The van der Waals surface area contributed by atoms with Gasteiger partial charge in [-0.05, 0) is 25.0 Å². The molecule has 4 N–H and O–H groups in total. The number of nitrogens with zero attached hydrogens (tertiary/aromatic N) is 4. The number of hydrogen-bond donors (Lipinski definition) is 4. The molecule has 28 heavy (non-hydrogen) atoms. The summed E-state index contributed by atoms with van der Waals surface area (Å²) < 4.78 is 7.28. The van der Waals surface area contributed by atoms with Gasteiger partial charge in [0.25, 0.3) is 0 Å². The average Bonchev–Trinajstić information content (AvgIpc) is 3.36. The topological polar surface area (TPSA) is 126 Å². The molecule has 0 bridgehead atoms. The van der Waals surface area contributed by atoms with Crippen LogP contribution in [0.3, 0.4) is 0 Å². The quantitative estimate of drug-likeness (QED) is 0.494. The van der Waals surface area contributed by atoms with Crippen LogP contribution >= 0.6 is 23.2 Å². The van der Waals surface area contributed by atoms with Crippen molar-refractivity contribution in [2.24, 2.45) is 0 Å². The molecule has 0 radical (unpaired) electrons. The highest BCUT2D eigenvalue weighted by molar-refractivity contribution is 6.42. The number of hydrogen-bond acceptors (Lipinski definition) is 8. The first kappa shape index (κ1) is 18.3. The van der Waals surface area contributed by atoms with E-state index in [0.29, 0.717) is 38.3 Å². The molecule has 1 aromatic carbocycles. The number of ether oxygens (including phenoxy) is 1. The lowest BCUT2D eigenvalue weighted by Gasteiger charge is -2.19. The molecule has 3 aromatic rings. The van der Waals surface area contributed by atoms with Gasteiger partial charge in [-0.25, -0.2) is 9.97 Å². The molecule has 5 rings (SSSR count). The number of imidazole rings is 1. The Labute approximate surface area is 168 Å². The van der Waals surface area contributed by atoms with E-state index in [1.54, 1.807) is 16.7 Å². The number of benzene rings is 1. The Kier molecular flexibility index (Phi) is 4.34. The highest BCUT2D eigenvalue weighted by Gasteiger charge is 2.45. The van der Waals surface area contributed by atoms with Gasteiger partial charge in [-0.3, -0.25) is 4.57 Å². The van der Waals surface area contributed by atoms with Gasteiger partial charge in [-0.1, -0.05) is 23.2 Å². The van der Waals surface area contributed by atoms with E-state index in [2.05, 4.69) is 20.3 Å². The summed E-state index contributed by atoms with van der Waals surface area (Å²) in [7, 11) is 0. The summed E-state index contributed by atoms with van der Waals surface area (Å²) in [6.07, 6.45) is -2.37. The second-order valence-electron chi connectivity index (χ2n) is 7.08. The van der Waals surface area contributed by atoms with Crippen molar-refractivity contribution in [1.82, 2.24) is 19.5 Å². The fraction of sp³-hybridized carbons (Fsp3) is 0.471. The predicted octanol–water partition coefficient (Wildman–Crippen LogP) is 1.47. The molecule has 3 heterocycles. The minimum atomic E-state index is -1.26. The molecule has 11 heteroatoms. The summed E-state index contributed by atoms with van der Waals surface area (Å²) in [4.78, 5) is 13.6. The molecule has 1 saturated heterocycles. The van der Waals surface area contributed by atoms with Crippen LogP contribution in [0.15, 0.2) is 12.1 Å². The molecule has 9 nitrogen and oxygen atoms in total. The van der Waals surface area contributed by atoms with Crippen LogP contribution in [0.4, 0.5) is 5.95 Å². The largest absolute Gasteiger partial charge is 0.394 e. The Bertz CT molecular complexity index is 1070. The van der Waals surface area contributed by atoms with Crippen LogP contribution < -0.4 is 5.32 Å². The van der Waals surface area contributed by atoms with Crippen molar-refractivity contribution in [2.75, 3.05) is 11.9 Å². The van der Waals surface area contributed by atoms with E-state index in [4.69, 9.17) is 27.9 Å². The lowest BCUT2D eigenvalue weighted by atomic mass is 10.1. The zero-order valence-corrected chi connectivity index (χ0v) is 16.0. The smallest absolute Gasteiger partial charge is 0.209 e. The number of aromatic nitrogens is 4. The second-order valence-corrected chi connectivity index (χ2v) is 7.89. The first-order valence-corrected chi connectivity index (χ1v) is 9.65. The van der Waals surface area contributed by atoms with Crippen molar-refractivity contribution < 1.29 is 20.1 Å². The normalized spacial score (nSPS) is 27.8. The molecule has 148 valence electrons. The van der Waals surface area contributed by atoms with Gasteiger partial charge in [0.2, 0.25) is 5.95 Å². The van der Waals surface area contributed by atoms with Crippen molar-refractivity contribution in [3.05, 3.63) is 22.2 Å². The second kappa shape index (κ2) is 6.65. The Balaban J connectivity index is 1.70. The summed E-state index contributed by atoms with van der Waals surface area (Å²) in [5, 5.41) is 34.1. The number of halogens is 2. The van der Waals surface area contributed by atoms with Gasteiger partial charge in [-0.15, -0.1) is 0 Å². The lowest BCUT2D eigenvalue weighted by Crippen LogP contribution is -2.33. The van der Waals surface area contributed by atoms with Gasteiger partial charge >= 0.3 is 0 Å². The van der Waals surface area contributed by atoms with Crippen LogP contribution in [-0.4, -0.2) is 65.8 Å². The molecule has 1 aliphatic carbocycles. The fourth-order valence-corrected chi connectivity index (χ4v) is 3.69. The molecule has 4 atom stereocenters. The Morgan fingerprint density at radius 3 is 2.36 bits per heavy atom. The Morgan fingerprint density at radius 1 is 1.07 bits per heavy atom. The van der Waals surface area contributed by atoms with Crippen LogP contribution in [0, 0.1) is 0 Å². The molecule has 0 spiro atoms. The number of rotatable bonds is 4. The van der Waals surface area contributed by atoms with E-state index in [9.17, 15) is 15.3 Å². The van der Waals surface area contributed by atoms with E-state index in [0.717, 1.165) is 12.8 Å². The minimum absolute atomic E-state index is 0.269. The summed E-state index contributed by atoms with van der Waals surface area (Å²) in [5.74, 6) is 0.430. The van der Waals surface area contributed by atoms with E-state index in [1.807, 2.05) is 0 Å². The standard InChI is InChI=1S/C17H17Cl2N5O4/c18-7-3-9-10(4-8(7)19)22-15-14(21-9)23-17(20-6-1-2-6)24(15)16-13(27)12(26)11(5-25)28-16/h3-4,6,11-13,16,25-27H,1-2,5H2,(H,20,21,23). The maximum Gasteiger partial charge on any atom is 0.209 e. The highest BCUT2D eigenvalue weighted by Crippen LogP contribution is 2.36. The number of nitrogens with one attached hydrogen (secondary N) is 1. The predicted molar refractivity (Wildman–Crippen MR) is 103 cm³/mol. The molecular weight excluding hydrogens is 409 g/mol. The van der Waals surface area contributed by atoms with Gasteiger partial charge < -0.3 is 25.4 Å². The number of aliphatic hydroxyl groups excluding tert-OH is 3. The molecular formula is C17H17Cl2N5O4. The lowest BCUT2D eigenvalue weighted by molar-refractivity contribution is -0.0501. The maximum atomic E-state index is 10.5. The first-order chi connectivity index (χ1) is 13.5. The third kappa shape index (κ3) is 2.90. The molecule has 0 amide bonds. The monoisotopic (exact) mass is 425 g/mol. The van der Waals surface area contributed by atoms with Crippen LogP contribution in [0.5, 0.6) is 0 Å². The van der Waals surface area contributed by atoms with Crippen molar-refractivity contribution in [1.29, 1.82) is 0 Å². The molecule has 1 saturated carbocycles. The SMILES string of the molecule is OCC1OC(n2c(NC3CC3)nc3nc4cc(Cl)c(Cl)cc4nc32)C(O)C1O. The van der Waals surface area contributed by atoms with Crippen molar-refractivity contribution >= 4 is 51.5 Å². The van der Waals surface area contributed by atoms with Gasteiger partial charge in [-0.2, -0.15) is 4.98 Å². The third-order valence-corrected chi connectivity index (χ3v) is 5.74. The number of fused-ring (bicyclic) bond motifs is 2. The van der Waals surface area contributed by atoms with E-state index >= 15 is 0 Å². The summed E-state index contributed by atoms with van der Waals surface area (Å²) in [6.45, 7) is -0.421. The molecule has 4 unspecified atom stereocenters. The van der Waals surface area contributed by atoms with Gasteiger partial charge in [0, 0.05) is 6.04 Å². The third-order valence-electron chi connectivity index (χ3n) is 5.02. The van der Waals surface area contributed by atoms with Crippen LogP contribution in [-0.2, 0) is 4.74 Å². The highest BCUT2D eigenvalue weighted by atomic mass is 35.5. The zero-order chi connectivity index (χ0) is 19.6. The Morgan fingerprint density at radius 2 is 1.75 bits per heavy atom. The van der Waals surface area contributed by atoms with Crippen molar-refractivity contribution in [3.8, 4) is 0 Å². The molecule has 1 aliphatic heterocycles. The first-order valence-electron chi connectivity index (χ1n) is 8.90. The molecule has 2 aliphatic rings. The molecule has 2 fully saturated rings. The zero-order valence-electron chi connectivity index (χ0n) is 14.5. The van der Waals surface area contributed by atoms with Gasteiger partial charge in [0.1, 0.15) is 18.3 Å². The van der Waals surface area contributed by atoms with E-state index in [1.165, 1.54) is 0 Å². The van der Waals surface area contributed by atoms with Crippen molar-refractivity contribution in [2.45, 2.75) is 43.4 Å². The fourth-order valence-electron chi connectivity index (χ4n) is 3.37. The maximum absolute atomic E-state index is 10.5. The number of anilines is 1. The summed E-state index contributed by atoms with van der Waals surface area (Å²) >= 11 is 12.2. The van der Waals surface area contributed by atoms with Gasteiger partial charge in [0.05, 0.1) is 27.7 Å². The Hall–Kier alpha value is -1.75. The number of aliphatic hydroxyl groups is 3. The van der Waals surface area contributed by atoms with Crippen LogP contribution in [0.1, 0.15) is 19.1 Å². The molecule has 2 aromatic heterocycles. The van der Waals surface area contributed by atoms with Crippen molar-refractivity contribution in [3.63, 3.8) is 0 Å². The van der Waals surface area contributed by atoms with Crippen LogP contribution in [0.25, 0.3) is 22.3 Å². The summed E-state index contributed by atoms with van der Waals surface area (Å²) in [5.41, 5.74) is 1.74. The minimum Gasteiger partial charge on any atom is -0.394 e.